The van der Waals surface area contributed by atoms with Gasteiger partial charge in [0.1, 0.15) is 5.54 Å². The Morgan fingerprint density at radius 1 is 1.21 bits per heavy atom. The molecule has 1 aromatic carbocycles. The summed E-state index contributed by atoms with van der Waals surface area (Å²) >= 11 is 0. The van der Waals surface area contributed by atoms with Gasteiger partial charge in [-0.3, -0.25) is 9.59 Å². The standard InChI is InChI=1S/C17H25N3O3.ClH/c1-5-23-14-10-17(18,16(14,3)4)15(22)20-13-8-6-12(7-9-13)19-11(2)21;/h6-9,14H,5,10,18H2,1-4H3,(H,19,21)(H,20,22);1H. The van der Waals surface area contributed by atoms with Crippen LogP contribution in [-0.4, -0.2) is 30.1 Å². The van der Waals surface area contributed by atoms with Gasteiger partial charge >= 0.3 is 0 Å². The molecule has 1 saturated carbocycles. The van der Waals surface area contributed by atoms with Gasteiger partial charge in [0.2, 0.25) is 11.8 Å². The van der Waals surface area contributed by atoms with Crippen molar-refractivity contribution in [1.82, 2.24) is 0 Å². The summed E-state index contributed by atoms with van der Waals surface area (Å²) in [6.07, 6.45) is 0.495. The van der Waals surface area contributed by atoms with Crippen molar-refractivity contribution in [2.24, 2.45) is 11.1 Å². The normalized spacial score (nSPS) is 24.3. The van der Waals surface area contributed by atoms with Gasteiger partial charge in [-0.1, -0.05) is 13.8 Å². The molecule has 1 aliphatic carbocycles. The van der Waals surface area contributed by atoms with E-state index in [2.05, 4.69) is 10.6 Å². The third-order valence-corrected chi connectivity index (χ3v) is 4.70. The summed E-state index contributed by atoms with van der Waals surface area (Å²) in [5.74, 6) is -0.355. The summed E-state index contributed by atoms with van der Waals surface area (Å²) in [6.45, 7) is 7.90. The molecule has 2 rings (SSSR count). The van der Waals surface area contributed by atoms with Crippen LogP contribution >= 0.6 is 12.4 Å². The molecule has 7 heteroatoms. The third kappa shape index (κ3) is 3.71. The molecule has 0 aliphatic heterocycles. The molecule has 0 aromatic heterocycles. The summed E-state index contributed by atoms with van der Waals surface area (Å²) in [5.41, 5.74) is 6.28. The van der Waals surface area contributed by atoms with Gasteiger partial charge in [-0.05, 0) is 31.2 Å². The fraction of sp³-hybridized carbons (Fsp3) is 0.529. The van der Waals surface area contributed by atoms with Crippen LogP contribution in [0.5, 0.6) is 0 Å². The minimum absolute atomic E-state index is 0. The van der Waals surface area contributed by atoms with Crippen LogP contribution in [0.3, 0.4) is 0 Å². The van der Waals surface area contributed by atoms with Gasteiger partial charge < -0.3 is 21.1 Å². The lowest BCUT2D eigenvalue weighted by Crippen LogP contribution is -2.74. The highest BCUT2D eigenvalue weighted by Gasteiger charge is 2.62. The Bertz CT molecular complexity index is 604. The van der Waals surface area contributed by atoms with Crippen LogP contribution in [0.2, 0.25) is 0 Å². The molecule has 24 heavy (non-hydrogen) atoms. The Morgan fingerprint density at radius 3 is 2.12 bits per heavy atom. The molecule has 0 spiro atoms. The van der Waals surface area contributed by atoms with Gasteiger partial charge in [-0.2, -0.15) is 0 Å². The molecule has 134 valence electrons. The number of ether oxygens (including phenoxy) is 1. The van der Waals surface area contributed by atoms with Crippen LogP contribution < -0.4 is 16.4 Å². The molecule has 2 unspecified atom stereocenters. The number of nitrogens with two attached hydrogens (primary N) is 1. The van der Waals surface area contributed by atoms with Crippen molar-refractivity contribution in [3.63, 3.8) is 0 Å². The van der Waals surface area contributed by atoms with Crippen molar-refractivity contribution < 1.29 is 14.3 Å². The number of hydrogen-bond donors (Lipinski definition) is 3. The van der Waals surface area contributed by atoms with E-state index >= 15 is 0 Å². The number of carbonyl (C=O) groups excluding carboxylic acids is 2. The summed E-state index contributed by atoms with van der Waals surface area (Å²) < 4.78 is 5.64. The zero-order valence-electron chi connectivity index (χ0n) is 14.5. The van der Waals surface area contributed by atoms with Crippen molar-refractivity contribution in [3.8, 4) is 0 Å². The smallest absolute Gasteiger partial charge is 0.245 e. The number of halogens is 1. The number of rotatable bonds is 5. The van der Waals surface area contributed by atoms with Crippen LogP contribution in [0.1, 0.15) is 34.1 Å². The van der Waals surface area contributed by atoms with E-state index in [1.165, 1.54) is 6.92 Å². The Labute approximate surface area is 148 Å². The van der Waals surface area contributed by atoms with Gasteiger partial charge in [-0.15, -0.1) is 12.4 Å². The van der Waals surface area contributed by atoms with E-state index in [-0.39, 0.29) is 30.3 Å². The van der Waals surface area contributed by atoms with Crippen molar-refractivity contribution in [3.05, 3.63) is 24.3 Å². The molecule has 2 atom stereocenters. The topological polar surface area (TPSA) is 93.4 Å². The molecule has 0 saturated heterocycles. The second-order valence-corrected chi connectivity index (χ2v) is 6.55. The largest absolute Gasteiger partial charge is 0.378 e. The maximum atomic E-state index is 12.6. The average molecular weight is 356 g/mol. The number of anilines is 2. The maximum absolute atomic E-state index is 12.6. The first-order valence-corrected chi connectivity index (χ1v) is 7.80. The lowest BCUT2D eigenvalue weighted by atomic mass is 9.54. The second kappa shape index (κ2) is 7.51. The molecule has 0 heterocycles. The van der Waals surface area contributed by atoms with E-state index in [1.54, 1.807) is 24.3 Å². The molecular weight excluding hydrogens is 330 g/mol. The van der Waals surface area contributed by atoms with Gasteiger partial charge in [-0.25, -0.2) is 0 Å². The molecule has 1 aliphatic rings. The van der Waals surface area contributed by atoms with E-state index in [4.69, 9.17) is 10.5 Å². The fourth-order valence-electron chi connectivity index (χ4n) is 2.90. The molecule has 4 N–H and O–H groups in total. The Hall–Kier alpha value is -1.63. The van der Waals surface area contributed by atoms with Gasteiger partial charge in [0.05, 0.1) is 6.10 Å². The number of benzene rings is 1. The van der Waals surface area contributed by atoms with Gasteiger partial charge in [0.15, 0.2) is 0 Å². The Balaban J connectivity index is 0.00000288. The summed E-state index contributed by atoms with van der Waals surface area (Å²) in [7, 11) is 0. The summed E-state index contributed by atoms with van der Waals surface area (Å²) in [6, 6.07) is 6.93. The Kier molecular flexibility index (Phi) is 6.38. The lowest BCUT2D eigenvalue weighted by molar-refractivity contribution is -0.166. The van der Waals surface area contributed by atoms with E-state index in [9.17, 15) is 9.59 Å². The molecule has 6 nitrogen and oxygen atoms in total. The molecular formula is C17H26ClN3O3. The Morgan fingerprint density at radius 2 is 1.71 bits per heavy atom. The average Bonchev–Trinajstić information content (AvgIpc) is 2.48. The molecule has 0 bridgehead atoms. The highest BCUT2D eigenvalue weighted by Crippen LogP contribution is 2.50. The fourth-order valence-corrected chi connectivity index (χ4v) is 2.90. The zero-order chi connectivity index (χ0) is 17.3. The molecule has 1 aromatic rings. The van der Waals surface area contributed by atoms with Crippen LogP contribution in [0.4, 0.5) is 11.4 Å². The summed E-state index contributed by atoms with van der Waals surface area (Å²) in [5, 5.41) is 5.53. The quantitative estimate of drug-likeness (QED) is 0.756. The third-order valence-electron chi connectivity index (χ3n) is 4.70. The van der Waals surface area contributed by atoms with Crippen LogP contribution in [0.15, 0.2) is 24.3 Å². The van der Waals surface area contributed by atoms with Crippen molar-refractivity contribution in [2.75, 3.05) is 17.2 Å². The zero-order valence-corrected chi connectivity index (χ0v) is 15.3. The minimum Gasteiger partial charge on any atom is -0.378 e. The predicted molar refractivity (Wildman–Crippen MR) is 97.4 cm³/mol. The van der Waals surface area contributed by atoms with Crippen molar-refractivity contribution in [1.29, 1.82) is 0 Å². The van der Waals surface area contributed by atoms with E-state index < -0.39 is 11.0 Å². The van der Waals surface area contributed by atoms with E-state index in [0.717, 1.165) is 0 Å². The lowest BCUT2D eigenvalue weighted by Gasteiger charge is -2.57. The second-order valence-electron chi connectivity index (χ2n) is 6.55. The monoisotopic (exact) mass is 355 g/mol. The first-order valence-electron chi connectivity index (χ1n) is 7.80. The van der Waals surface area contributed by atoms with E-state index in [0.29, 0.717) is 24.4 Å². The van der Waals surface area contributed by atoms with Gasteiger partial charge in [0, 0.05) is 36.7 Å². The number of carbonyl (C=O) groups is 2. The first-order chi connectivity index (χ1) is 10.7. The number of nitrogens with one attached hydrogen (secondary N) is 2. The first kappa shape index (κ1) is 20.4. The predicted octanol–water partition coefficient (Wildman–Crippen LogP) is 2.54. The molecule has 1 fully saturated rings. The van der Waals surface area contributed by atoms with Crippen molar-refractivity contribution in [2.45, 2.75) is 45.8 Å². The van der Waals surface area contributed by atoms with Crippen LogP contribution in [0.25, 0.3) is 0 Å². The number of amides is 2. The molecule has 2 amide bonds. The van der Waals surface area contributed by atoms with E-state index in [1.807, 2.05) is 20.8 Å². The highest BCUT2D eigenvalue weighted by molar-refractivity contribution is 6.00. The van der Waals surface area contributed by atoms with Crippen LogP contribution in [0, 0.1) is 5.41 Å². The SMILES string of the molecule is CCOC1CC(N)(C(=O)Nc2ccc(NC(C)=O)cc2)C1(C)C.Cl. The summed E-state index contributed by atoms with van der Waals surface area (Å²) in [4.78, 5) is 23.6. The van der Waals surface area contributed by atoms with Gasteiger partial charge in [0.25, 0.3) is 0 Å². The highest BCUT2D eigenvalue weighted by atomic mass is 35.5. The minimum atomic E-state index is -0.955. The molecule has 0 radical (unpaired) electrons. The maximum Gasteiger partial charge on any atom is 0.245 e. The van der Waals surface area contributed by atoms with Crippen molar-refractivity contribution >= 4 is 35.6 Å². The van der Waals surface area contributed by atoms with Crippen LogP contribution in [-0.2, 0) is 14.3 Å². The number of hydrogen-bond acceptors (Lipinski definition) is 4.